The first-order chi connectivity index (χ1) is 24.1. The van der Waals surface area contributed by atoms with Gasteiger partial charge in [0.2, 0.25) is 0 Å². The Morgan fingerprint density at radius 2 is 0.959 bits per heavy atom. The molecule has 1 heterocycles. The van der Waals surface area contributed by atoms with Crippen molar-refractivity contribution in [1.29, 1.82) is 0 Å². The van der Waals surface area contributed by atoms with Gasteiger partial charge < -0.3 is 14.6 Å². The number of esters is 1. The molecular formula is C43H86N2O4. The van der Waals surface area contributed by atoms with Crippen LogP contribution >= 0.6 is 0 Å². The third-order valence-electron chi connectivity index (χ3n) is 11.0. The van der Waals surface area contributed by atoms with E-state index in [1.54, 1.807) is 0 Å². The minimum Gasteiger partial charge on any atom is -0.465 e. The number of unbranched alkanes of at least 4 members (excludes halogenated alkanes) is 16. The van der Waals surface area contributed by atoms with E-state index in [0.29, 0.717) is 25.0 Å². The van der Waals surface area contributed by atoms with Crippen molar-refractivity contribution < 1.29 is 19.4 Å². The minimum absolute atomic E-state index is 0.00825. The van der Waals surface area contributed by atoms with Crippen LogP contribution in [-0.2, 0) is 14.3 Å². The van der Waals surface area contributed by atoms with Gasteiger partial charge in [-0.3, -0.25) is 14.6 Å². The quantitative estimate of drug-likeness (QED) is 0.0520. The molecule has 1 aliphatic rings. The monoisotopic (exact) mass is 695 g/mol. The predicted molar refractivity (Wildman–Crippen MR) is 210 cm³/mol. The summed E-state index contributed by atoms with van der Waals surface area (Å²) >= 11 is 0. The fourth-order valence-electron chi connectivity index (χ4n) is 7.49. The molecule has 1 aliphatic heterocycles. The van der Waals surface area contributed by atoms with E-state index in [1.165, 1.54) is 154 Å². The number of rotatable bonds is 36. The highest BCUT2D eigenvalue weighted by atomic mass is 16.5. The number of β-amino-alcohol motifs (C(OH)–C–C–N with tert-alkyl or cyclic N) is 1. The van der Waals surface area contributed by atoms with Crippen molar-refractivity contribution in [3.63, 3.8) is 0 Å². The van der Waals surface area contributed by atoms with Gasteiger partial charge in [0, 0.05) is 52.5 Å². The van der Waals surface area contributed by atoms with E-state index in [2.05, 4.69) is 37.5 Å². The number of carbonyl (C=O) groups is 1. The maximum Gasteiger partial charge on any atom is 0.310 e. The minimum atomic E-state index is -0.138. The summed E-state index contributed by atoms with van der Waals surface area (Å²) in [5, 5.41) is 9.38. The molecule has 0 saturated carbocycles. The van der Waals surface area contributed by atoms with E-state index in [0.717, 1.165) is 52.3 Å². The number of carbonyl (C=O) groups excluding carboxylic acids is 1. The summed E-state index contributed by atoms with van der Waals surface area (Å²) in [7, 11) is 0. The molecule has 0 aromatic heterocycles. The molecule has 3 atom stereocenters. The van der Waals surface area contributed by atoms with Gasteiger partial charge in [0.05, 0.1) is 19.1 Å². The summed E-state index contributed by atoms with van der Waals surface area (Å²) in [4.78, 5) is 18.5. The Morgan fingerprint density at radius 3 is 1.43 bits per heavy atom. The Bertz CT molecular complexity index is 699. The first kappa shape index (κ1) is 46.3. The first-order valence-corrected chi connectivity index (χ1v) is 21.9. The maximum absolute atomic E-state index is 13.7. The molecule has 1 N–H and O–H groups in total. The zero-order valence-corrected chi connectivity index (χ0v) is 33.5. The van der Waals surface area contributed by atoms with Gasteiger partial charge in [0.25, 0.3) is 0 Å². The summed E-state index contributed by atoms with van der Waals surface area (Å²) in [5.74, 6) is 0.983. The number of nitrogens with zero attached hydrogens (tertiary/aromatic N) is 2. The lowest BCUT2D eigenvalue weighted by Crippen LogP contribution is -2.49. The number of aliphatic hydroxyl groups is 1. The molecule has 6 heteroatoms. The van der Waals surface area contributed by atoms with Crippen LogP contribution in [0.4, 0.5) is 0 Å². The van der Waals surface area contributed by atoms with Crippen molar-refractivity contribution in [3.8, 4) is 0 Å². The molecule has 0 bridgehead atoms. The largest absolute Gasteiger partial charge is 0.465 e. The lowest BCUT2D eigenvalue weighted by atomic mass is 9.94. The van der Waals surface area contributed by atoms with Crippen LogP contribution in [0.3, 0.4) is 0 Å². The zero-order valence-electron chi connectivity index (χ0n) is 33.5. The molecule has 49 heavy (non-hydrogen) atoms. The highest BCUT2D eigenvalue weighted by Crippen LogP contribution is 2.22. The van der Waals surface area contributed by atoms with Crippen molar-refractivity contribution in [2.75, 3.05) is 65.7 Å². The highest BCUT2D eigenvalue weighted by Gasteiger charge is 2.26. The molecule has 0 aromatic carbocycles. The third-order valence-corrected chi connectivity index (χ3v) is 11.0. The normalized spacial score (nSPS) is 16.2. The van der Waals surface area contributed by atoms with Gasteiger partial charge in [0.1, 0.15) is 0 Å². The fourth-order valence-corrected chi connectivity index (χ4v) is 7.49. The Hall–Kier alpha value is -0.690. The lowest BCUT2D eigenvalue weighted by Gasteiger charge is -2.35. The van der Waals surface area contributed by atoms with Crippen LogP contribution in [0.2, 0.25) is 0 Å². The first-order valence-electron chi connectivity index (χ1n) is 21.9. The van der Waals surface area contributed by atoms with Gasteiger partial charge in [-0.25, -0.2) is 0 Å². The predicted octanol–water partition coefficient (Wildman–Crippen LogP) is 10.8. The number of hydrogen-bond acceptors (Lipinski definition) is 6. The van der Waals surface area contributed by atoms with E-state index in [9.17, 15) is 9.90 Å². The number of aliphatic hydroxyl groups excluding tert-OH is 1. The van der Waals surface area contributed by atoms with Crippen molar-refractivity contribution in [3.05, 3.63) is 0 Å². The number of piperazine rings is 1. The van der Waals surface area contributed by atoms with Crippen LogP contribution in [0.5, 0.6) is 0 Å². The summed E-state index contributed by atoms with van der Waals surface area (Å²) in [5.41, 5.74) is 0. The molecule has 0 spiro atoms. The Morgan fingerprint density at radius 1 is 0.551 bits per heavy atom. The second-order valence-electron chi connectivity index (χ2n) is 15.6. The highest BCUT2D eigenvalue weighted by molar-refractivity contribution is 5.72. The Kier molecular flexibility index (Phi) is 32.5. The van der Waals surface area contributed by atoms with E-state index in [4.69, 9.17) is 9.47 Å². The van der Waals surface area contributed by atoms with Gasteiger partial charge in [-0.1, -0.05) is 156 Å². The van der Waals surface area contributed by atoms with E-state index in [1.807, 2.05) is 0 Å². The molecule has 0 radical (unpaired) electrons. The molecule has 0 aliphatic carbocycles. The molecule has 0 aromatic rings. The van der Waals surface area contributed by atoms with Crippen LogP contribution in [0.15, 0.2) is 0 Å². The van der Waals surface area contributed by atoms with Crippen molar-refractivity contribution in [1.82, 2.24) is 9.80 Å². The fraction of sp³-hybridized carbons (Fsp3) is 0.977. The average molecular weight is 695 g/mol. The van der Waals surface area contributed by atoms with Crippen LogP contribution in [-0.4, -0.2) is 86.6 Å². The smallest absolute Gasteiger partial charge is 0.310 e. The second-order valence-corrected chi connectivity index (χ2v) is 15.6. The van der Waals surface area contributed by atoms with E-state index < -0.39 is 0 Å². The van der Waals surface area contributed by atoms with Gasteiger partial charge in [-0.15, -0.1) is 0 Å². The summed E-state index contributed by atoms with van der Waals surface area (Å²) in [6.07, 6.45) is 32.0. The van der Waals surface area contributed by atoms with Crippen molar-refractivity contribution in [2.45, 2.75) is 188 Å². The molecule has 1 rings (SSSR count). The molecule has 1 saturated heterocycles. The van der Waals surface area contributed by atoms with E-state index in [-0.39, 0.29) is 18.5 Å². The zero-order chi connectivity index (χ0) is 35.6. The van der Waals surface area contributed by atoms with Crippen LogP contribution < -0.4 is 0 Å². The molecule has 292 valence electrons. The summed E-state index contributed by atoms with van der Waals surface area (Å²) in [6, 6.07) is 0. The Balaban J connectivity index is 2.72. The SMILES string of the molecule is CCCCCCCCC(CCCCCC)COCCC(CN1CCN(CCO)CC1)C(=O)OCC(CCCCCC)CCCCCCCC. The number of ether oxygens (including phenoxy) is 2. The molecular weight excluding hydrogens is 608 g/mol. The van der Waals surface area contributed by atoms with E-state index >= 15 is 0 Å². The van der Waals surface area contributed by atoms with Gasteiger partial charge >= 0.3 is 5.97 Å². The van der Waals surface area contributed by atoms with Crippen LogP contribution in [0.1, 0.15) is 188 Å². The average Bonchev–Trinajstić information content (AvgIpc) is 3.11. The van der Waals surface area contributed by atoms with Crippen LogP contribution in [0.25, 0.3) is 0 Å². The van der Waals surface area contributed by atoms with Crippen molar-refractivity contribution >= 4 is 5.97 Å². The third kappa shape index (κ3) is 26.7. The van der Waals surface area contributed by atoms with Gasteiger partial charge in [-0.2, -0.15) is 0 Å². The summed E-state index contributed by atoms with van der Waals surface area (Å²) < 4.78 is 12.6. The van der Waals surface area contributed by atoms with Crippen LogP contribution in [0, 0.1) is 17.8 Å². The topological polar surface area (TPSA) is 62.2 Å². The molecule has 6 nitrogen and oxygen atoms in total. The molecule has 1 fully saturated rings. The van der Waals surface area contributed by atoms with Crippen molar-refractivity contribution in [2.24, 2.45) is 17.8 Å². The Labute approximate surface area is 306 Å². The van der Waals surface area contributed by atoms with Gasteiger partial charge in [-0.05, 0) is 43.9 Å². The molecule has 0 amide bonds. The van der Waals surface area contributed by atoms with Gasteiger partial charge in [0.15, 0.2) is 0 Å². The second kappa shape index (κ2) is 34.4. The lowest BCUT2D eigenvalue weighted by molar-refractivity contribution is -0.151. The molecule has 3 unspecified atom stereocenters. The standard InChI is InChI=1S/C43H86N2O4/c1-5-9-13-17-19-23-26-40(25-21-15-11-7-3)38-48-36-29-42(37-45-32-30-44(31-33-45)34-35-46)43(47)49-39-41(27-22-16-12-8-4)28-24-20-18-14-10-6-2/h40-42,46H,5-39H2,1-4H3. The maximum atomic E-state index is 13.7. The summed E-state index contributed by atoms with van der Waals surface area (Å²) in [6.45, 7) is 16.7. The number of hydrogen-bond donors (Lipinski definition) is 1.